The summed E-state index contributed by atoms with van der Waals surface area (Å²) < 4.78 is 4.73. The van der Waals surface area contributed by atoms with Gasteiger partial charge in [0.1, 0.15) is 0 Å². The fourth-order valence-electron chi connectivity index (χ4n) is 0.815. The molecule has 6 nitrogen and oxygen atoms in total. The Labute approximate surface area is 75.7 Å². The van der Waals surface area contributed by atoms with E-state index < -0.39 is 0 Å². The highest BCUT2D eigenvalue weighted by Gasteiger charge is 2.05. The number of carbonyl (C=O) groups excluding carboxylic acids is 1. The molecular formula is C7H12N4O2. The van der Waals surface area contributed by atoms with Crippen LogP contribution in [0.5, 0.6) is 6.01 Å². The predicted octanol–water partition coefficient (Wildman–Crippen LogP) is 0.552. The number of hydrogen-bond acceptors (Lipinski definition) is 4. The zero-order valence-electron chi connectivity index (χ0n) is 7.63. The summed E-state index contributed by atoms with van der Waals surface area (Å²) in [4.78, 5) is 14.9. The van der Waals surface area contributed by atoms with Crippen molar-refractivity contribution in [2.75, 3.05) is 12.4 Å². The van der Waals surface area contributed by atoms with E-state index in [4.69, 9.17) is 4.74 Å². The van der Waals surface area contributed by atoms with Gasteiger partial charge in [-0.25, -0.2) is 5.10 Å². The molecule has 0 spiro atoms. The Bertz CT molecular complexity index is 284. The largest absolute Gasteiger partial charge is 0.466 e. The third-order valence-electron chi connectivity index (χ3n) is 1.38. The highest BCUT2D eigenvalue weighted by Crippen LogP contribution is 2.04. The average Bonchev–Trinajstić information content (AvgIpc) is 2.52. The number of hydrogen-bond donors (Lipinski definition) is 2. The number of carbonyl (C=O) groups is 1. The Kier molecular flexibility index (Phi) is 3.24. The van der Waals surface area contributed by atoms with Crippen LogP contribution >= 0.6 is 0 Å². The zero-order valence-corrected chi connectivity index (χ0v) is 7.63. The van der Waals surface area contributed by atoms with Gasteiger partial charge >= 0.3 is 6.01 Å². The third-order valence-corrected chi connectivity index (χ3v) is 1.38. The summed E-state index contributed by atoms with van der Waals surface area (Å²) >= 11 is 0. The first-order valence-electron chi connectivity index (χ1n) is 4.02. The summed E-state index contributed by atoms with van der Waals surface area (Å²) in [6.07, 6.45) is 1.28. The van der Waals surface area contributed by atoms with Crippen molar-refractivity contribution in [2.24, 2.45) is 0 Å². The normalized spacial score (nSPS) is 9.69. The second-order valence-electron chi connectivity index (χ2n) is 2.47. The molecule has 0 atom stereocenters. The van der Waals surface area contributed by atoms with Crippen LogP contribution in [0, 0.1) is 0 Å². The molecule has 0 unspecified atom stereocenters. The standard InChI is InChI=1S/C7H12N4O2/c1-3-4-5(12)8-6-9-7(13-2)11-10-6/h3-4H2,1-2H3,(H2,8,9,10,11,12). The number of anilines is 1. The van der Waals surface area contributed by atoms with Crippen molar-refractivity contribution in [3.05, 3.63) is 0 Å². The van der Waals surface area contributed by atoms with Gasteiger partial charge in [-0.05, 0) is 6.42 Å². The molecule has 1 aromatic heterocycles. The molecule has 72 valence electrons. The first-order valence-corrected chi connectivity index (χ1v) is 4.02. The smallest absolute Gasteiger partial charge is 0.336 e. The van der Waals surface area contributed by atoms with Gasteiger partial charge in [0.25, 0.3) is 0 Å². The van der Waals surface area contributed by atoms with E-state index in [1.807, 2.05) is 6.92 Å². The molecule has 0 aliphatic rings. The minimum Gasteiger partial charge on any atom is -0.466 e. The monoisotopic (exact) mass is 184 g/mol. The molecule has 0 saturated carbocycles. The zero-order chi connectivity index (χ0) is 9.68. The van der Waals surface area contributed by atoms with Gasteiger partial charge in [0.05, 0.1) is 7.11 Å². The number of amides is 1. The second kappa shape index (κ2) is 4.44. The SMILES string of the molecule is CCCC(=O)Nc1nc(OC)n[nH]1. The summed E-state index contributed by atoms with van der Waals surface area (Å²) in [6.45, 7) is 1.93. The topological polar surface area (TPSA) is 79.9 Å². The lowest BCUT2D eigenvalue weighted by Crippen LogP contribution is -2.11. The van der Waals surface area contributed by atoms with Crippen molar-refractivity contribution in [1.82, 2.24) is 15.2 Å². The first kappa shape index (κ1) is 9.50. The summed E-state index contributed by atoms with van der Waals surface area (Å²) in [5, 5.41) is 8.75. The number of aromatic amines is 1. The van der Waals surface area contributed by atoms with E-state index in [1.54, 1.807) is 0 Å². The molecular weight excluding hydrogens is 172 g/mol. The van der Waals surface area contributed by atoms with Crippen LogP contribution in [0.4, 0.5) is 5.95 Å². The van der Waals surface area contributed by atoms with Crippen LogP contribution in [0.2, 0.25) is 0 Å². The molecule has 0 aliphatic heterocycles. The van der Waals surface area contributed by atoms with Crippen molar-refractivity contribution in [2.45, 2.75) is 19.8 Å². The lowest BCUT2D eigenvalue weighted by Gasteiger charge is -1.97. The van der Waals surface area contributed by atoms with Gasteiger partial charge in [0, 0.05) is 6.42 Å². The summed E-state index contributed by atoms with van der Waals surface area (Å²) in [5.74, 6) is 0.233. The van der Waals surface area contributed by atoms with Crippen molar-refractivity contribution < 1.29 is 9.53 Å². The number of methoxy groups -OCH3 is 1. The van der Waals surface area contributed by atoms with E-state index in [1.165, 1.54) is 7.11 Å². The molecule has 1 amide bonds. The Balaban J connectivity index is 2.49. The molecule has 0 fully saturated rings. The predicted molar refractivity (Wildman–Crippen MR) is 46.5 cm³/mol. The number of nitrogens with zero attached hydrogens (tertiary/aromatic N) is 2. The molecule has 1 aromatic rings. The van der Waals surface area contributed by atoms with E-state index in [0.717, 1.165) is 6.42 Å². The van der Waals surface area contributed by atoms with Crippen molar-refractivity contribution in [3.8, 4) is 6.01 Å². The Morgan fingerprint density at radius 3 is 3.00 bits per heavy atom. The fourth-order valence-corrected chi connectivity index (χ4v) is 0.815. The average molecular weight is 184 g/mol. The van der Waals surface area contributed by atoms with E-state index in [9.17, 15) is 4.79 Å². The number of aromatic nitrogens is 3. The van der Waals surface area contributed by atoms with Crippen molar-refractivity contribution >= 4 is 11.9 Å². The molecule has 0 saturated heterocycles. The minimum absolute atomic E-state index is 0.0821. The number of H-pyrrole nitrogens is 1. The maximum absolute atomic E-state index is 11.1. The first-order chi connectivity index (χ1) is 6.26. The lowest BCUT2D eigenvalue weighted by atomic mass is 10.3. The third kappa shape index (κ3) is 2.73. The van der Waals surface area contributed by atoms with Crippen LogP contribution in [-0.2, 0) is 4.79 Å². The molecule has 0 aliphatic carbocycles. The maximum atomic E-state index is 11.1. The minimum atomic E-state index is -0.0821. The number of ether oxygens (including phenoxy) is 1. The van der Waals surface area contributed by atoms with E-state index >= 15 is 0 Å². The maximum Gasteiger partial charge on any atom is 0.336 e. The molecule has 1 heterocycles. The molecule has 13 heavy (non-hydrogen) atoms. The van der Waals surface area contributed by atoms with Gasteiger partial charge in [-0.1, -0.05) is 6.92 Å². The quantitative estimate of drug-likeness (QED) is 0.716. The molecule has 2 N–H and O–H groups in total. The van der Waals surface area contributed by atoms with Crippen LogP contribution in [-0.4, -0.2) is 28.2 Å². The van der Waals surface area contributed by atoms with Gasteiger partial charge < -0.3 is 4.74 Å². The van der Waals surface area contributed by atoms with E-state index in [-0.39, 0.29) is 11.9 Å². The van der Waals surface area contributed by atoms with Crippen LogP contribution in [0.25, 0.3) is 0 Å². The van der Waals surface area contributed by atoms with Crippen molar-refractivity contribution in [3.63, 3.8) is 0 Å². The summed E-state index contributed by atoms with van der Waals surface area (Å²) in [7, 11) is 1.46. The summed E-state index contributed by atoms with van der Waals surface area (Å²) in [6, 6.07) is 0.215. The van der Waals surface area contributed by atoms with Crippen LogP contribution in [0.3, 0.4) is 0 Å². The molecule has 0 radical (unpaired) electrons. The highest BCUT2D eigenvalue weighted by atomic mass is 16.5. The molecule has 1 rings (SSSR count). The Morgan fingerprint density at radius 2 is 2.46 bits per heavy atom. The number of nitrogens with one attached hydrogen (secondary N) is 2. The van der Waals surface area contributed by atoms with Crippen molar-refractivity contribution in [1.29, 1.82) is 0 Å². The molecule has 6 heteroatoms. The summed E-state index contributed by atoms with van der Waals surface area (Å²) in [5.41, 5.74) is 0. The fraction of sp³-hybridized carbons (Fsp3) is 0.571. The van der Waals surface area contributed by atoms with Crippen LogP contribution in [0.15, 0.2) is 0 Å². The van der Waals surface area contributed by atoms with Gasteiger partial charge in [0.15, 0.2) is 0 Å². The highest BCUT2D eigenvalue weighted by molar-refractivity contribution is 5.88. The van der Waals surface area contributed by atoms with Crippen LogP contribution < -0.4 is 10.1 Å². The number of rotatable bonds is 4. The van der Waals surface area contributed by atoms with E-state index in [0.29, 0.717) is 12.4 Å². The molecule has 0 aromatic carbocycles. The Morgan fingerprint density at radius 1 is 1.69 bits per heavy atom. The van der Waals surface area contributed by atoms with E-state index in [2.05, 4.69) is 20.5 Å². The van der Waals surface area contributed by atoms with Gasteiger partial charge in [0.2, 0.25) is 11.9 Å². The Hall–Kier alpha value is -1.59. The lowest BCUT2D eigenvalue weighted by molar-refractivity contribution is -0.116. The van der Waals surface area contributed by atoms with Gasteiger partial charge in [-0.2, -0.15) is 4.98 Å². The van der Waals surface area contributed by atoms with Gasteiger partial charge in [-0.3, -0.25) is 10.1 Å². The van der Waals surface area contributed by atoms with Gasteiger partial charge in [-0.15, -0.1) is 5.10 Å². The second-order valence-corrected chi connectivity index (χ2v) is 2.47. The molecule has 0 bridgehead atoms. The van der Waals surface area contributed by atoms with Crippen LogP contribution in [0.1, 0.15) is 19.8 Å².